The average Bonchev–Trinajstić information content (AvgIpc) is 3.07. The smallest absolute Gasteiger partial charge is 0.159 e. The van der Waals surface area contributed by atoms with Crippen LogP contribution in [-0.4, -0.2) is 11.6 Å². The van der Waals surface area contributed by atoms with Crippen molar-refractivity contribution in [3.05, 3.63) is 87.0 Å². The lowest BCUT2D eigenvalue weighted by atomic mass is 9.68. The van der Waals surface area contributed by atoms with E-state index in [-0.39, 0.29) is 22.4 Å². The van der Waals surface area contributed by atoms with E-state index in [0.29, 0.717) is 5.92 Å². The van der Waals surface area contributed by atoms with Gasteiger partial charge in [-0.2, -0.15) is 0 Å². The first-order chi connectivity index (χ1) is 14.0. The van der Waals surface area contributed by atoms with Crippen molar-refractivity contribution in [1.82, 2.24) is 0 Å². The molecule has 3 aliphatic carbocycles. The first kappa shape index (κ1) is 19.2. The third-order valence-electron chi connectivity index (χ3n) is 7.64. The molecule has 5 rings (SSSR count). The van der Waals surface area contributed by atoms with Gasteiger partial charge >= 0.3 is 0 Å². The molecule has 1 atom stereocenters. The van der Waals surface area contributed by atoms with Crippen LogP contribution in [0.2, 0.25) is 0 Å². The third-order valence-corrected chi connectivity index (χ3v) is 7.64. The van der Waals surface area contributed by atoms with E-state index in [1.165, 1.54) is 39.0 Å². The summed E-state index contributed by atoms with van der Waals surface area (Å²) in [5.41, 5.74) is 10.7. The Kier molecular flexibility index (Phi) is 3.79. The van der Waals surface area contributed by atoms with E-state index in [1.54, 1.807) is 13.8 Å². The molecule has 0 heterocycles. The number of carbonyl (C=O) groups is 2. The van der Waals surface area contributed by atoms with Gasteiger partial charge in [-0.25, -0.2) is 0 Å². The molecular weight excluding hydrogens is 368 g/mol. The molecular formula is C28H28O2. The molecule has 2 nitrogen and oxygen atoms in total. The van der Waals surface area contributed by atoms with Crippen LogP contribution < -0.4 is 0 Å². The quantitative estimate of drug-likeness (QED) is 0.540. The van der Waals surface area contributed by atoms with E-state index in [9.17, 15) is 9.59 Å². The first-order valence-electron chi connectivity index (χ1n) is 10.8. The van der Waals surface area contributed by atoms with Crippen LogP contribution in [0.3, 0.4) is 0 Å². The molecule has 0 radical (unpaired) electrons. The molecule has 0 spiro atoms. The monoisotopic (exact) mass is 396 g/mol. The lowest BCUT2D eigenvalue weighted by Gasteiger charge is -2.35. The highest BCUT2D eigenvalue weighted by Crippen LogP contribution is 2.62. The normalized spacial score (nSPS) is 22.1. The Bertz CT molecular complexity index is 1220. The lowest BCUT2D eigenvalue weighted by molar-refractivity contribution is 0.100. The van der Waals surface area contributed by atoms with Crippen molar-refractivity contribution >= 4 is 17.1 Å². The maximum absolute atomic E-state index is 12.0. The van der Waals surface area contributed by atoms with Crippen LogP contribution in [0.1, 0.15) is 96.9 Å². The number of carbonyl (C=O) groups excluding carboxylic acids is 2. The van der Waals surface area contributed by atoms with Crippen LogP contribution in [0, 0.1) is 0 Å². The number of allylic oxidation sites excluding steroid dienone is 4. The molecule has 0 aliphatic heterocycles. The largest absolute Gasteiger partial charge is 0.295 e. The molecule has 0 aromatic heterocycles. The number of fused-ring (bicyclic) bond motifs is 6. The molecule has 152 valence electrons. The van der Waals surface area contributed by atoms with Crippen LogP contribution in [-0.2, 0) is 10.8 Å². The van der Waals surface area contributed by atoms with E-state index < -0.39 is 0 Å². The molecule has 2 aromatic carbocycles. The van der Waals surface area contributed by atoms with Crippen LogP contribution in [0.4, 0.5) is 0 Å². The fourth-order valence-corrected chi connectivity index (χ4v) is 6.14. The van der Waals surface area contributed by atoms with E-state index in [4.69, 9.17) is 0 Å². The summed E-state index contributed by atoms with van der Waals surface area (Å²) < 4.78 is 0. The maximum Gasteiger partial charge on any atom is 0.159 e. The van der Waals surface area contributed by atoms with Gasteiger partial charge in [0.25, 0.3) is 0 Å². The number of hydrogen-bond acceptors (Lipinski definition) is 2. The Morgan fingerprint density at radius 1 is 0.833 bits per heavy atom. The Hall–Kier alpha value is -2.74. The van der Waals surface area contributed by atoms with Crippen molar-refractivity contribution in [2.45, 2.75) is 64.7 Å². The van der Waals surface area contributed by atoms with Crippen molar-refractivity contribution in [3.63, 3.8) is 0 Å². The summed E-state index contributed by atoms with van der Waals surface area (Å²) in [5, 5.41) is 0. The van der Waals surface area contributed by atoms with E-state index in [0.717, 1.165) is 17.5 Å². The zero-order valence-corrected chi connectivity index (χ0v) is 18.6. The molecule has 0 bridgehead atoms. The summed E-state index contributed by atoms with van der Waals surface area (Å²) in [6.07, 6.45) is 3.38. The highest BCUT2D eigenvalue weighted by Gasteiger charge is 2.50. The Labute approximate surface area is 178 Å². The van der Waals surface area contributed by atoms with Crippen molar-refractivity contribution in [1.29, 1.82) is 0 Å². The molecule has 0 amide bonds. The summed E-state index contributed by atoms with van der Waals surface area (Å²) in [5.74, 6) is 0.583. The van der Waals surface area contributed by atoms with Crippen LogP contribution in [0.5, 0.6) is 0 Å². The van der Waals surface area contributed by atoms with Gasteiger partial charge in [-0.1, -0.05) is 58.0 Å². The van der Waals surface area contributed by atoms with Gasteiger partial charge in [-0.15, -0.1) is 0 Å². The fraction of sp³-hybridized carbons (Fsp3) is 0.357. The predicted octanol–water partition coefficient (Wildman–Crippen LogP) is 6.54. The van der Waals surface area contributed by atoms with Gasteiger partial charge in [0.05, 0.1) is 0 Å². The van der Waals surface area contributed by atoms with Gasteiger partial charge in [0.15, 0.2) is 11.6 Å². The maximum atomic E-state index is 12.0. The van der Waals surface area contributed by atoms with Gasteiger partial charge in [0, 0.05) is 27.9 Å². The Balaban J connectivity index is 1.77. The molecule has 2 aromatic rings. The minimum Gasteiger partial charge on any atom is -0.295 e. The van der Waals surface area contributed by atoms with Crippen LogP contribution in [0.15, 0.2) is 53.6 Å². The molecule has 1 unspecified atom stereocenters. The summed E-state index contributed by atoms with van der Waals surface area (Å²) >= 11 is 0. The van der Waals surface area contributed by atoms with Crippen molar-refractivity contribution < 1.29 is 9.59 Å². The zero-order valence-electron chi connectivity index (χ0n) is 18.6. The second kappa shape index (κ2) is 5.91. The Morgan fingerprint density at radius 2 is 1.43 bits per heavy atom. The van der Waals surface area contributed by atoms with Gasteiger partial charge in [0.1, 0.15) is 0 Å². The van der Waals surface area contributed by atoms with Crippen molar-refractivity contribution in [2.75, 3.05) is 0 Å². The topological polar surface area (TPSA) is 34.1 Å². The lowest BCUT2D eigenvalue weighted by Crippen LogP contribution is -2.26. The number of benzene rings is 2. The summed E-state index contributed by atoms with van der Waals surface area (Å²) in [6.45, 7) is 12.5. The second-order valence-corrected chi connectivity index (χ2v) is 10.1. The summed E-state index contributed by atoms with van der Waals surface area (Å²) in [4.78, 5) is 24.1. The minimum absolute atomic E-state index is 0.110. The Morgan fingerprint density at radius 3 is 2.07 bits per heavy atom. The molecule has 0 saturated carbocycles. The molecule has 0 saturated heterocycles. The molecule has 2 heteroatoms. The summed E-state index contributed by atoms with van der Waals surface area (Å²) in [6, 6.07) is 12.5. The molecule has 3 aliphatic rings. The fourth-order valence-electron chi connectivity index (χ4n) is 6.14. The number of hydrogen-bond donors (Lipinski definition) is 0. The number of Topliss-reactive ketones (excluding diaryl/α,β-unsaturated/α-hetero) is 2. The molecule has 0 N–H and O–H groups in total. The summed E-state index contributed by atoms with van der Waals surface area (Å²) in [7, 11) is 0. The van der Waals surface area contributed by atoms with E-state index >= 15 is 0 Å². The number of rotatable bonds is 2. The zero-order chi connectivity index (χ0) is 21.6. The van der Waals surface area contributed by atoms with E-state index in [1.807, 2.05) is 12.1 Å². The van der Waals surface area contributed by atoms with Crippen LogP contribution in [0.25, 0.3) is 5.57 Å². The minimum atomic E-state index is -0.163. The second-order valence-electron chi connectivity index (χ2n) is 10.1. The van der Waals surface area contributed by atoms with Crippen LogP contribution >= 0.6 is 0 Å². The molecule has 0 fully saturated rings. The van der Waals surface area contributed by atoms with Gasteiger partial charge in [-0.05, 0) is 71.4 Å². The average molecular weight is 397 g/mol. The molecule has 30 heavy (non-hydrogen) atoms. The van der Waals surface area contributed by atoms with Gasteiger partial charge in [0.2, 0.25) is 0 Å². The van der Waals surface area contributed by atoms with E-state index in [2.05, 4.69) is 58.0 Å². The first-order valence-corrected chi connectivity index (χ1v) is 10.8. The SMILES string of the molecule is CC(=O)c1ccc2c(c1)C(C)(C)C1=C3C(CC=C12)c1ccc(C(C)=O)cc1C3(C)C. The van der Waals surface area contributed by atoms with Crippen molar-refractivity contribution in [3.8, 4) is 0 Å². The predicted molar refractivity (Wildman–Crippen MR) is 121 cm³/mol. The standard InChI is InChI=1S/C28H28O2/c1-15(29)17-7-9-19-21-11-12-22-20-10-8-18(16(2)30)14-24(20)28(5,6)26(22)25(21)27(3,4)23(19)13-17/h7-11,13-14,22H,12H2,1-6H3. The highest BCUT2D eigenvalue weighted by atomic mass is 16.1. The third kappa shape index (κ3) is 2.31. The number of ketones is 2. The van der Waals surface area contributed by atoms with Crippen molar-refractivity contribution in [2.24, 2.45) is 0 Å². The van der Waals surface area contributed by atoms with Gasteiger partial charge in [-0.3, -0.25) is 9.59 Å². The van der Waals surface area contributed by atoms with Gasteiger partial charge < -0.3 is 0 Å². The highest BCUT2D eigenvalue weighted by molar-refractivity contribution is 5.98.